The average molecular weight is 268 g/mol. The predicted octanol–water partition coefficient (Wildman–Crippen LogP) is 3.74. The SMILES string of the molecule is Cc1cc(C)cc(Oc2cccc(CNC3CC3)n2)c1. The molecule has 3 nitrogen and oxygen atoms in total. The fourth-order valence-electron chi connectivity index (χ4n) is 2.26. The zero-order chi connectivity index (χ0) is 13.9. The van der Waals surface area contributed by atoms with Gasteiger partial charge in [0.05, 0.1) is 5.69 Å². The molecule has 1 aliphatic rings. The maximum Gasteiger partial charge on any atom is 0.219 e. The van der Waals surface area contributed by atoms with E-state index in [9.17, 15) is 0 Å². The minimum atomic E-state index is 0.657. The molecule has 1 saturated carbocycles. The molecule has 0 amide bonds. The number of pyridine rings is 1. The van der Waals surface area contributed by atoms with E-state index >= 15 is 0 Å². The lowest BCUT2D eigenvalue weighted by Gasteiger charge is -2.08. The summed E-state index contributed by atoms with van der Waals surface area (Å²) in [5.41, 5.74) is 3.43. The van der Waals surface area contributed by atoms with Crippen molar-refractivity contribution >= 4 is 0 Å². The van der Waals surface area contributed by atoms with Gasteiger partial charge in [-0.25, -0.2) is 4.98 Å². The van der Waals surface area contributed by atoms with Crippen LogP contribution in [0.25, 0.3) is 0 Å². The highest BCUT2D eigenvalue weighted by atomic mass is 16.5. The predicted molar refractivity (Wildman–Crippen MR) is 80.1 cm³/mol. The largest absolute Gasteiger partial charge is 0.439 e. The van der Waals surface area contributed by atoms with Gasteiger partial charge in [-0.1, -0.05) is 12.1 Å². The minimum absolute atomic E-state index is 0.657. The molecule has 3 heteroatoms. The van der Waals surface area contributed by atoms with Gasteiger partial charge in [-0.05, 0) is 56.0 Å². The molecule has 1 aliphatic carbocycles. The topological polar surface area (TPSA) is 34.1 Å². The van der Waals surface area contributed by atoms with E-state index in [0.717, 1.165) is 18.0 Å². The molecule has 104 valence electrons. The van der Waals surface area contributed by atoms with Gasteiger partial charge in [-0.2, -0.15) is 0 Å². The van der Waals surface area contributed by atoms with Gasteiger partial charge in [0, 0.05) is 18.7 Å². The van der Waals surface area contributed by atoms with Crippen molar-refractivity contribution in [2.45, 2.75) is 39.3 Å². The average Bonchev–Trinajstić information content (AvgIpc) is 3.19. The molecular formula is C17H20N2O. The standard InChI is InChI=1S/C17H20N2O/c1-12-8-13(2)10-16(9-12)20-17-5-3-4-15(19-17)11-18-14-6-7-14/h3-5,8-10,14,18H,6-7,11H2,1-2H3. The number of benzene rings is 1. The van der Waals surface area contributed by atoms with E-state index in [1.165, 1.54) is 24.0 Å². The quantitative estimate of drug-likeness (QED) is 0.897. The molecule has 0 unspecified atom stereocenters. The summed E-state index contributed by atoms with van der Waals surface area (Å²) < 4.78 is 5.86. The van der Waals surface area contributed by atoms with Gasteiger partial charge in [0.15, 0.2) is 0 Å². The third-order valence-electron chi connectivity index (χ3n) is 3.35. The van der Waals surface area contributed by atoms with Crippen molar-refractivity contribution in [2.75, 3.05) is 0 Å². The van der Waals surface area contributed by atoms with Gasteiger partial charge < -0.3 is 10.1 Å². The van der Waals surface area contributed by atoms with E-state index in [2.05, 4.69) is 30.2 Å². The van der Waals surface area contributed by atoms with Gasteiger partial charge in [-0.15, -0.1) is 0 Å². The smallest absolute Gasteiger partial charge is 0.219 e. The minimum Gasteiger partial charge on any atom is -0.439 e. The molecule has 0 atom stereocenters. The van der Waals surface area contributed by atoms with Gasteiger partial charge in [0.2, 0.25) is 5.88 Å². The number of aromatic nitrogens is 1. The van der Waals surface area contributed by atoms with E-state index in [1.807, 2.05) is 30.3 Å². The molecule has 2 aromatic rings. The molecular weight excluding hydrogens is 248 g/mol. The highest BCUT2D eigenvalue weighted by molar-refractivity contribution is 5.35. The lowest BCUT2D eigenvalue weighted by molar-refractivity contribution is 0.458. The van der Waals surface area contributed by atoms with Gasteiger partial charge in [-0.3, -0.25) is 0 Å². The van der Waals surface area contributed by atoms with E-state index < -0.39 is 0 Å². The molecule has 1 aromatic heterocycles. The molecule has 0 aliphatic heterocycles. The van der Waals surface area contributed by atoms with Crippen LogP contribution in [0.2, 0.25) is 0 Å². The van der Waals surface area contributed by atoms with Crippen LogP contribution < -0.4 is 10.1 Å². The van der Waals surface area contributed by atoms with Crippen molar-refractivity contribution in [1.29, 1.82) is 0 Å². The third-order valence-corrected chi connectivity index (χ3v) is 3.35. The van der Waals surface area contributed by atoms with Crippen LogP contribution in [0.4, 0.5) is 0 Å². The lowest BCUT2D eigenvalue weighted by Crippen LogP contribution is -2.16. The van der Waals surface area contributed by atoms with Crippen LogP contribution in [0, 0.1) is 13.8 Å². The zero-order valence-corrected chi connectivity index (χ0v) is 12.0. The van der Waals surface area contributed by atoms with Crippen LogP contribution in [-0.2, 0) is 6.54 Å². The van der Waals surface area contributed by atoms with E-state index in [1.54, 1.807) is 0 Å². The number of ether oxygens (including phenoxy) is 1. The molecule has 0 radical (unpaired) electrons. The van der Waals surface area contributed by atoms with Crippen LogP contribution in [0.5, 0.6) is 11.6 Å². The second-order valence-corrected chi connectivity index (χ2v) is 5.55. The summed E-state index contributed by atoms with van der Waals surface area (Å²) in [6.07, 6.45) is 2.58. The number of nitrogens with zero attached hydrogens (tertiary/aromatic N) is 1. The highest BCUT2D eigenvalue weighted by Gasteiger charge is 2.20. The number of aryl methyl sites for hydroxylation is 2. The number of nitrogens with one attached hydrogen (secondary N) is 1. The molecule has 0 saturated heterocycles. The van der Waals surface area contributed by atoms with Crippen molar-refractivity contribution in [3.8, 4) is 11.6 Å². The fourth-order valence-corrected chi connectivity index (χ4v) is 2.26. The molecule has 1 N–H and O–H groups in total. The van der Waals surface area contributed by atoms with E-state index in [4.69, 9.17) is 4.74 Å². The number of rotatable bonds is 5. The summed E-state index contributed by atoms with van der Waals surface area (Å²) in [6, 6.07) is 12.8. The van der Waals surface area contributed by atoms with Gasteiger partial charge >= 0.3 is 0 Å². The molecule has 1 fully saturated rings. The Morgan fingerprint density at radius 1 is 1.15 bits per heavy atom. The maximum atomic E-state index is 5.86. The van der Waals surface area contributed by atoms with E-state index in [0.29, 0.717) is 11.9 Å². The third kappa shape index (κ3) is 3.58. The summed E-state index contributed by atoms with van der Waals surface area (Å²) in [7, 11) is 0. The van der Waals surface area contributed by atoms with Crippen LogP contribution >= 0.6 is 0 Å². The fraction of sp³-hybridized carbons (Fsp3) is 0.353. The first-order valence-corrected chi connectivity index (χ1v) is 7.14. The first-order valence-electron chi connectivity index (χ1n) is 7.14. The van der Waals surface area contributed by atoms with Gasteiger partial charge in [0.25, 0.3) is 0 Å². The summed E-state index contributed by atoms with van der Waals surface area (Å²) in [4.78, 5) is 4.54. The Bertz CT molecular complexity index is 585. The number of hydrogen-bond donors (Lipinski definition) is 1. The Morgan fingerprint density at radius 3 is 2.60 bits per heavy atom. The molecule has 0 bridgehead atoms. The van der Waals surface area contributed by atoms with Crippen LogP contribution in [-0.4, -0.2) is 11.0 Å². The summed E-state index contributed by atoms with van der Waals surface area (Å²) >= 11 is 0. The van der Waals surface area contributed by atoms with Crippen molar-refractivity contribution in [3.63, 3.8) is 0 Å². The maximum absolute atomic E-state index is 5.86. The van der Waals surface area contributed by atoms with Crippen molar-refractivity contribution in [1.82, 2.24) is 10.3 Å². The van der Waals surface area contributed by atoms with Crippen LogP contribution in [0.1, 0.15) is 29.7 Å². The second kappa shape index (κ2) is 5.63. The Labute approximate surface area is 120 Å². The van der Waals surface area contributed by atoms with Crippen LogP contribution in [0.15, 0.2) is 36.4 Å². The molecule has 1 heterocycles. The van der Waals surface area contributed by atoms with Crippen molar-refractivity contribution in [3.05, 3.63) is 53.2 Å². The lowest BCUT2D eigenvalue weighted by atomic mass is 10.1. The molecule has 1 aromatic carbocycles. The Morgan fingerprint density at radius 2 is 1.90 bits per heavy atom. The molecule has 20 heavy (non-hydrogen) atoms. The monoisotopic (exact) mass is 268 g/mol. The molecule has 0 spiro atoms. The first kappa shape index (κ1) is 13.1. The Balaban J connectivity index is 1.70. The van der Waals surface area contributed by atoms with Crippen molar-refractivity contribution in [2.24, 2.45) is 0 Å². The normalized spacial score (nSPS) is 14.3. The zero-order valence-electron chi connectivity index (χ0n) is 12.0. The second-order valence-electron chi connectivity index (χ2n) is 5.55. The Hall–Kier alpha value is -1.87. The summed E-state index contributed by atoms with van der Waals surface area (Å²) in [6.45, 7) is 4.96. The van der Waals surface area contributed by atoms with Crippen molar-refractivity contribution < 1.29 is 4.74 Å². The van der Waals surface area contributed by atoms with Crippen LogP contribution in [0.3, 0.4) is 0 Å². The summed E-state index contributed by atoms with van der Waals surface area (Å²) in [5, 5.41) is 3.46. The number of hydrogen-bond acceptors (Lipinski definition) is 3. The Kier molecular flexibility index (Phi) is 3.70. The van der Waals surface area contributed by atoms with Gasteiger partial charge in [0.1, 0.15) is 5.75 Å². The van der Waals surface area contributed by atoms with E-state index in [-0.39, 0.29) is 0 Å². The summed E-state index contributed by atoms with van der Waals surface area (Å²) in [5.74, 6) is 1.51. The molecule has 3 rings (SSSR count). The first-order chi connectivity index (χ1) is 9.69. The highest BCUT2D eigenvalue weighted by Crippen LogP contribution is 2.23.